The van der Waals surface area contributed by atoms with Crippen molar-refractivity contribution in [3.05, 3.63) is 0 Å². The van der Waals surface area contributed by atoms with Gasteiger partial charge in [0.15, 0.2) is 0 Å². The summed E-state index contributed by atoms with van der Waals surface area (Å²) in [4.78, 5) is 30.9. The van der Waals surface area contributed by atoms with Gasteiger partial charge >= 0.3 is 0 Å². The molecule has 8 nitrogen and oxygen atoms in total. The smallest absolute Gasteiger partial charge is 0.240 e. The first-order chi connectivity index (χ1) is 14.9. The van der Waals surface area contributed by atoms with Crippen LogP contribution in [0.2, 0.25) is 0 Å². The number of rotatable bonds is 8. The largest absolute Gasteiger partial charge is 0.379 e. The van der Waals surface area contributed by atoms with E-state index in [2.05, 4.69) is 34.3 Å². The maximum absolute atomic E-state index is 13.2. The lowest BCUT2D eigenvalue weighted by Gasteiger charge is -2.50. The van der Waals surface area contributed by atoms with Gasteiger partial charge in [0, 0.05) is 39.3 Å². The van der Waals surface area contributed by atoms with Crippen molar-refractivity contribution in [2.75, 3.05) is 65.7 Å². The topological polar surface area (TPSA) is 83.1 Å². The normalized spacial score (nSPS) is 26.4. The van der Waals surface area contributed by atoms with Crippen LogP contribution < -0.4 is 10.6 Å². The van der Waals surface area contributed by atoms with Crippen LogP contribution in [0.4, 0.5) is 0 Å². The van der Waals surface area contributed by atoms with Crippen LogP contribution in [-0.4, -0.2) is 98.4 Å². The minimum absolute atomic E-state index is 0.142. The van der Waals surface area contributed by atoms with E-state index in [4.69, 9.17) is 9.47 Å². The number of amides is 2. The van der Waals surface area contributed by atoms with Crippen molar-refractivity contribution in [3.63, 3.8) is 0 Å². The molecular weight excluding hydrogens is 396 g/mol. The molecule has 4 rings (SSSR count). The van der Waals surface area contributed by atoms with Crippen molar-refractivity contribution in [2.24, 2.45) is 5.41 Å². The van der Waals surface area contributed by atoms with E-state index >= 15 is 0 Å². The van der Waals surface area contributed by atoms with Gasteiger partial charge in [-0.25, -0.2) is 0 Å². The van der Waals surface area contributed by atoms with E-state index in [1.165, 1.54) is 0 Å². The van der Waals surface area contributed by atoms with Gasteiger partial charge < -0.3 is 20.1 Å². The Labute approximate surface area is 186 Å². The van der Waals surface area contributed by atoms with E-state index in [9.17, 15) is 9.59 Å². The van der Waals surface area contributed by atoms with Crippen LogP contribution in [0.25, 0.3) is 0 Å². The van der Waals surface area contributed by atoms with Crippen LogP contribution in [0.3, 0.4) is 0 Å². The monoisotopic (exact) mass is 436 g/mol. The van der Waals surface area contributed by atoms with E-state index in [1.54, 1.807) is 0 Å². The fourth-order valence-corrected chi connectivity index (χ4v) is 5.41. The van der Waals surface area contributed by atoms with Gasteiger partial charge in [-0.1, -0.05) is 13.8 Å². The second-order valence-corrected chi connectivity index (χ2v) is 10.5. The predicted octanol–water partition coefficient (Wildman–Crippen LogP) is 0.755. The molecule has 2 amide bonds. The Balaban J connectivity index is 1.28. The van der Waals surface area contributed by atoms with Gasteiger partial charge in [-0.05, 0) is 43.9 Å². The minimum atomic E-state index is -0.352. The van der Waals surface area contributed by atoms with Gasteiger partial charge in [-0.15, -0.1) is 0 Å². The van der Waals surface area contributed by atoms with E-state index in [-0.39, 0.29) is 28.3 Å². The molecule has 2 heterocycles. The molecule has 0 bridgehead atoms. The maximum Gasteiger partial charge on any atom is 0.240 e. The molecule has 8 heteroatoms. The molecular formula is C23H40N4O4. The lowest BCUT2D eigenvalue weighted by atomic mass is 9.73. The molecule has 4 fully saturated rings. The summed E-state index contributed by atoms with van der Waals surface area (Å²) in [7, 11) is 0. The van der Waals surface area contributed by atoms with E-state index in [0.29, 0.717) is 39.5 Å². The minimum Gasteiger partial charge on any atom is -0.379 e. The summed E-state index contributed by atoms with van der Waals surface area (Å²) >= 11 is 0. The molecule has 0 aromatic rings. The Morgan fingerprint density at radius 2 is 1.10 bits per heavy atom. The molecule has 2 aliphatic heterocycles. The molecule has 0 aromatic heterocycles. The molecule has 2 saturated carbocycles. The molecule has 31 heavy (non-hydrogen) atoms. The van der Waals surface area contributed by atoms with Crippen molar-refractivity contribution in [3.8, 4) is 0 Å². The van der Waals surface area contributed by atoms with Gasteiger partial charge in [0.05, 0.1) is 26.4 Å². The number of hydrogen-bond acceptors (Lipinski definition) is 6. The van der Waals surface area contributed by atoms with Crippen LogP contribution in [0.15, 0.2) is 0 Å². The van der Waals surface area contributed by atoms with Gasteiger partial charge in [0.25, 0.3) is 0 Å². The van der Waals surface area contributed by atoms with Crippen LogP contribution in [0.5, 0.6) is 0 Å². The zero-order valence-corrected chi connectivity index (χ0v) is 19.3. The zero-order chi connectivity index (χ0) is 22.0. The first-order valence-corrected chi connectivity index (χ1v) is 12.1. The van der Waals surface area contributed by atoms with Gasteiger partial charge in [-0.2, -0.15) is 0 Å². The highest BCUT2D eigenvalue weighted by Crippen LogP contribution is 2.39. The van der Waals surface area contributed by atoms with E-state index in [0.717, 1.165) is 64.7 Å². The summed E-state index contributed by atoms with van der Waals surface area (Å²) in [5.41, 5.74) is -0.915. The van der Waals surface area contributed by atoms with Gasteiger partial charge in [0.1, 0.15) is 11.1 Å². The first-order valence-electron chi connectivity index (χ1n) is 12.1. The summed E-state index contributed by atoms with van der Waals surface area (Å²) in [6.07, 6.45) is 5.92. The number of carbonyl (C=O) groups excluding carboxylic acids is 2. The molecule has 0 radical (unpaired) electrons. The highest BCUT2D eigenvalue weighted by Gasteiger charge is 2.50. The Kier molecular flexibility index (Phi) is 6.91. The molecule has 0 aromatic carbocycles. The molecule has 176 valence electrons. The van der Waals surface area contributed by atoms with Crippen LogP contribution in [0, 0.1) is 5.41 Å². The second-order valence-electron chi connectivity index (χ2n) is 10.5. The Morgan fingerprint density at radius 3 is 1.39 bits per heavy atom. The van der Waals surface area contributed by atoms with Crippen LogP contribution >= 0.6 is 0 Å². The van der Waals surface area contributed by atoms with Crippen LogP contribution in [0.1, 0.15) is 52.4 Å². The number of carbonyl (C=O) groups is 2. The van der Waals surface area contributed by atoms with E-state index in [1.807, 2.05) is 0 Å². The molecule has 0 atom stereocenters. The number of nitrogens with zero attached hydrogens (tertiary/aromatic N) is 2. The molecule has 2 N–H and O–H groups in total. The highest BCUT2D eigenvalue weighted by molar-refractivity contribution is 5.88. The van der Waals surface area contributed by atoms with Crippen molar-refractivity contribution in [2.45, 2.75) is 63.5 Å². The summed E-state index contributed by atoms with van der Waals surface area (Å²) in [6, 6.07) is 0. The van der Waals surface area contributed by atoms with Crippen molar-refractivity contribution in [1.82, 2.24) is 20.4 Å². The average molecular weight is 437 g/mol. The summed E-state index contributed by atoms with van der Waals surface area (Å²) in [5, 5.41) is 6.43. The van der Waals surface area contributed by atoms with Gasteiger partial charge in [-0.3, -0.25) is 19.4 Å². The Morgan fingerprint density at radius 1 is 0.742 bits per heavy atom. The number of hydrogen-bond donors (Lipinski definition) is 2. The highest BCUT2D eigenvalue weighted by atomic mass is 16.5. The predicted molar refractivity (Wildman–Crippen MR) is 118 cm³/mol. The van der Waals surface area contributed by atoms with Crippen molar-refractivity contribution >= 4 is 11.8 Å². The standard InChI is InChI=1S/C23H40N4O4/c1-21(2,17-24-19(28)22(5-3-6-22)26-9-13-30-14-10-26)18-25-20(29)23(7-4-8-23)27-11-15-31-16-12-27/h3-18H2,1-2H3,(H,24,28)(H,25,29). The third kappa shape index (κ3) is 4.63. The zero-order valence-electron chi connectivity index (χ0n) is 19.3. The first kappa shape index (κ1) is 23.0. The summed E-state index contributed by atoms with van der Waals surface area (Å²) in [5.74, 6) is 0.285. The molecule has 2 saturated heterocycles. The Bertz CT molecular complexity index is 594. The van der Waals surface area contributed by atoms with Crippen LogP contribution in [-0.2, 0) is 19.1 Å². The average Bonchev–Trinajstić information content (AvgIpc) is 2.71. The fourth-order valence-electron chi connectivity index (χ4n) is 5.41. The third-order valence-corrected chi connectivity index (χ3v) is 7.89. The summed E-state index contributed by atoms with van der Waals surface area (Å²) in [6.45, 7) is 11.5. The summed E-state index contributed by atoms with van der Waals surface area (Å²) < 4.78 is 10.9. The molecule has 2 aliphatic carbocycles. The lowest BCUT2D eigenvalue weighted by Crippen LogP contribution is -2.66. The SMILES string of the molecule is CC(C)(CNC(=O)C1(N2CCOCC2)CCC1)CNC(=O)C1(N2CCOCC2)CCC1. The third-order valence-electron chi connectivity index (χ3n) is 7.89. The molecule has 0 unspecified atom stereocenters. The lowest BCUT2D eigenvalue weighted by molar-refractivity contribution is -0.145. The number of ether oxygens (including phenoxy) is 2. The second kappa shape index (κ2) is 9.33. The van der Waals surface area contributed by atoms with Crippen molar-refractivity contribution < 1.29 is 19.1 Å². The molecule has 4 aliphatic rings. The number of nitrogens with one attached hydrogen (secondary N) is 2. The Hall–Kier alpha value is -1.22. The number of morpholine rings is 2. The molecule has 0 spiro atoms. The van der Waals surface area contributed by atoms with E-state index < -0.39 is 0 Å². The quantitative estimate of drug-likeness (QED) is 0.585. The maximum atomic E-state index is 13.2. The fraction of sp³-hybridized carbons (Fsp3) is 0.913. The van der Waals surface area contributed by atoms with Gasteiger partial charge in [0.2, 0.25) is 11.8 Å². The van der Waals surface area contributed by atoms with Crippen molar-refractivity contribution in [1.29, 1.82) is 0 Å².